The molecule has 3 heteroatoms. The van der Waals surface area contributed by atoms with Gasteiger partial charge in [-0.05, 0) is 120 Å². The van der Waals surface area contributed by atoms with E-state index in [2.05, 4.69) is 127 Å². The van der Waals surface area contributed by atoms with E-state index in [1.54, 1.807) is 0 Å². The van der Waals surface area contributed by atoms with Crippen LogP contribution in [0.25, 0.3) is 134 Å². The molecule has 3 heterocycles. The van der Waals surface area contributed by atoms with Crippen LogP contribution in [0.5, 0.6) is 0 Å². The first-order valence-electron chi connectivity index (χ1n) is 27.7. The van der Waals surface area contributed by atoms with Gasteiger partial charge in [-0.2, -0.15) is 0 Å². The van der Waals surface area contributed by atoms with E-state index in [-0.39, 0.29) is 18.1 Å². The molecule has 0 unspecified atom stereocenters. The highest BCUT2D eigenvalue weighted by Crippen LogP contribution is 2.43. The number of hydrogen-bond donors (Lipinski definition) is 0. The molecule has 10 aromatic carbocycles. The van der Waals surface area contributed by atoms with Crippen LogP contribution in [0.2, 0.25) is 0 Å². The molecule has 0 aliphatic carbocycles. The molecule has 366 valence electrons. The molecule has 3 aromatic heterocycles. The quantitative estimate of drug-likeness (QED) is 0.122. The van der Waals surface area contributed by atoms with E-state index in [0.717, 1.165) is 101 Å². The molecule has 0 spiro atoms. The molecule has 0 aliphatic rings. The van der Waals surface area contributed by atoms with Crippen LogP contribution in [0.4, 0.5) is 0 Å². The lowest BCUT2D eigenvalue weighted by Crippen LogP contribution is -1.93. The van der Waals surface area contributed by atoms with Gasteiger partial charge in [-0.25, -0.2) is 0 Å². The number of nitrogens with zero attached hydrogens (tertiary/aromatic N) is 3. The third-order valence-corrected chi connectivity index (χ3v) is 14.4. The summed E-state index contributed by atoms with van der Waals surface area (Å²) in [5, 5.41) is 0. The zero-order valence-electron chi connectivity index (χ0n) is 45.6. The van der Waals surface area contributed by atoms with E-state index < -0.39 is 0 Å². The molecule has 0 saturated heterocycles. The van der Waals surface area contributed by atoms with Crippen LogP contribution in [0.1, 0.15) is 4.11 Å². The molecule has 0 fully saturated rings. The third kappa shape index (κ3) is 9.88. The van der Waals surface area contributed by atoms with Gasteiger partial charge in [-0.1, -0.05) is 255 Å². The van der Waals surface area contributed by atoms with E-state index in [1.165, 1.54) is 0 Å². The lowest BCUT2D eigenvalue weighted by Gasteiger charge is -2.18. The van der Waals surface area contributed by atoms with Gasteiger partial charge < -0.3 is 0 Å². The molecule has 0 amide bonds. The summed E-state index contributed by atoms with van der Waals surface area (Å²) in [6.45, 7) is 0. The summed E-state index contributed by atoms with van der Waals surface area (Å²) in [5.41, 5.74) is 20.7. The molecule has 0 saturated carbocycles. The Hall–Kier alpha value is -10.4. The highest BCUT2D eigenvalue weighted by molar-refractivity contribution is 5.94. The molecular weight excluding hydrogens is 943 g/mol. The van der Waals surface area contributed by atoms with E-state index in [9.17, 15) is 4.11 Å². The van der Waals surface area contributed by atoms with Gasteiger partial charge in [0.2, 0.25) is 0 Å². The Bertz CT molecular complexity index is 3870. The minimum atomic E-state index is 0.0848. The summed E-state index contributed by atoms with van der Waals surface area (Å²) in [6.07, 6.45) is 5.63. The van der Waals surface area contributed by atoms with Crippen LogP contribution in [0.3, 0.4) is 0 Å². The van der Waals surface area contributed by atoms with Crippen molar-refractivity contribution in [1.29, 1.82) is 0 Å². The number of pyridine rings is 3. The van der Waals surface area contributed by atoms with Crippen molar-refractivity contribution in [2.45, 2.75) is 0 Å². The highest BCUT2D eigenvalue weighted by Gasteiger charge is 2.17. The van der Waals surface area contributed by atoms with E-state index >= 15 is 0 Å². The molecule has 0 N–H and O–H groups in total. The Kier molecular flexibility index (Phi) is 12.1. The number of hydrogen-bond acceptors (Lipinski definition) is 3. The van der Waals surface area contributed by atoms with Crippen LogP contribution < -0.4 is 0 Å². The first-order valence-corrected chi connectivity index (χ1v) is 26.2. The minimum Gasteiger partial charge on any atom is -0.256 e. The summed E-state index contributed by atoms with van der Waals surface area (Å²) in [6, 6.07) is 92.7. The molecular formula is C75H51N3. The van der Waals surface area contributed by atoms with Crippen LogP contribution in [0, 0.1) is 0 Å². The molecule has 3 nitrogen and oxygen atoms in total. The van der Waals surface area contributed by atoms with E-state index in [1.807, 2.05) is 164 Å². The van der Waals surface area contributed by atoms with Crippen LogP contribution in [-0.4, -0.2) is 15.0 Å². The maximum atomic E-state index is 10.3. The minimum absolute atomic E-state index is 0.0848. The average molecular weight is 997 g/mol. The summed E-state index contributed by atoms with van der Waals surface area (Å²) < 4.78 is 31.0. The maximum Gasteiger partial charge on any atom is 0.0702 e. The lowest BCUT2D eigenvalue weighted by molar-refractivity contribution is 1.32. The Morgan fingerprint density at radius 2 is 0.359 bits per heavy atom. The number of aromatic nitrogens is 3. The van der Waals surface area contributed by atoms with Crippen molar-refractivity contribution in [1.82, 2.24) is 15.0 Å². The number of benzene rings is 10. The molecule has 0 aliphatic heterocycles. The maximum absolute atomic E-state index is 10.3. The van der Waals surface area contributed by atoms with Gasteiger partial charge in [0, 0.05) is 52.0 Å². The van der Waals surface area contributed by atoms with Crippen molar-refractivity contribution in [2.24, 2.45) is 0 Å². The second-order valence-electron chi connectivity index (χ2n) is 19.3. The van der Waals surface area contributed by atoms with Crippen molar-refractivity contribution in [3.8, 4) is 134 Å². The van der Waals surface area contributed by atoms with Crippen LogP contribution >= 0.6 is 0 Å². The summed E-state index contributed by atoms with van der Waals surface area (Å²) in [5.74, 6) is 0. The first kappa shape index (κ1) is 44.0. The average Bonchev–Trinajstić information content (AvgIpc) is 3.72. The second kappa shape index (κ2) is 21.5. The van der Waals surface area contributed by atoms with E-state index in [0.29, 0.717) is 33.4 Å². The summed E-state index contributed by atoms with van der Waals surface area (Å²) >= 11 is 0. The largest absolute Gasteiger partial charge is 0.256 e. The molecule has 13 rings (SSSR count). The van der Waals surface area contributed by atoms with Gasteiger partial charge in [0.15, 0.2) is 0 Å². The second-order valence-corrected chi connectivity index (χ2v) is 19.3. The van der Waals surface area contributed by atoms with Crippen molar-refractivity contribution in [3.63, 3.8) is 0 Å². The van der Waals surface area contributed by atoms with E-state index in [4.69, 9.17) is 15.0 Å². The van der Waals surface area contributed by atoms with Gasteiger partial charge >= 0.3 is 0 Å². The topological polar surface area (TPSA) is 38.7 Å². The van der Waals surface area contributed by atoms with Crippen molar-refractivity contribution in [3.05, 3.63) is 310 Å². The van der Waals surface area contributed by atoms with Crippen LogP contribution in [-0.2, 0) is 0 Å². The normalized spacial score (nSPS) is 11.6. The standard InChI is InChI=1S/C75H51N3/c1-4-16-52(17-5-1)55-28-34-58(35-29-55)73-43-40-61(49-76-73)67-22-10-13-25-70(67)64-46-65(71-26-14-11-23-68(71)62-41-44-74(77-50-62)59-36-30-56(31-37-59)53-18-6-2-7-19-53)48-66(47-64)72-27-15-12-24-69(72)63-42-45-75(78-51-63)60-38-32-57(33-39-60)54-20-8-3-9-21-54/h1-51H/i46D,47D,48D. The lowest BCUT2D eigenvalue weighted by atomic mass is 9.86. The van der Waals surface area contributed by atoms with Crippen molar-refractivity contribution >= 4 is 0 Å². The molecule has 0 atom stereocenters. The predicted molar refractivity (Wildman–Crippen MR) is 325 cm³/mol. The van der Waals surface area contributed by atoms with Gasteiger partial charge in [0.25, 0.3) is 0 Å². The Morgan fingerprint density at radius 3 is 0.590 bits per heavy atom. The third-order valence-electron chi connectivity index (χ3n) is 14.4. The fraction of sp³-hybridized carbons (Fsp3) is 0. The molecule has 0 bridgehead atoms. The Balaban J connectivity index is 0.920. The zero-order chi connectivity index (χ0) is 54.7. The molecule has 0 radical (unpaired) electrons. The van der Waals surface area contributed by atoms with Crippen LogP contribution in [0.15, 0.2) is 310 Å². The highest BCUT2D eigenvalue weighted by atomic mass is 14.7. The predicted octanol–water partition coefficient (Wildman–Crippen LogP) is 19.9. The number of rotatable bonds is 12. The SMILES string of the molecule is [2H]c1c(-c2ccccc2-c2ccc(-c3ccc(-c4ccccc4)cc3)nc2)c([2H])c(-c2ccccc2-c2ccc(-c3ccc(-c4ccccc4)cc3)nc2)c([2H])c1-c1ccccc1-c1ccc(-c2ccc(-c3ccccc3)cc2)nc1. The zero-order valence-corrected chi connectivity index (χ0v) is 42.6. The Labute approximate surface area is 460 Å². The first-order chi connectivity index (χ1) is 39.9. The van der Waals surface area contributed by atoms with Gasteiger partial charge in [0.05, 0.1) is 21.2 Å². The van der Waals surface area contributed by atoms with Crippen molar-refractivity contribution in [2.75, 3.05) is 0 Å². The fourth-order valence-electron chi connectivity index (χ4n) is 10.3. The van der Waals surface area contributed by atoms with Gasteiger partial charge in [-0.15, -0.1) is 0 Å². The summed E-state index contributed by atoms with van der Waals surface area (Å²) in [4.78, 5) is 15.0. The smallest absolute Gasteiger partial charge is 0.0702 e. The molecule has 78 heavy (non-hydrogen) atoms. The monoisotopic (exact) mass is 996 g/mol. The van der Waals surface area contributed by atoms with Gasteiger partial charge in [-0.3, -0.25) is 15.0 Å². The van der Waals surface area contributed by atoms with Crippen molar-refractivity contribution < 1.29 is 4.11 Å². The fourth-order valence-corrected chi connectivity index (χ4v) is 10.3. The molecule has 13 aromatic rings. The Morgan fingerprint density at radius 1 is 0.167 bits per heavy atom. The summed E-state index contributed by atoms with van der Waals surface area (Å²) in [7, 11) is 0. The van der Waals surface area contributed by atoms with Gasteiger partial charge in [0.1, 0.15) is 0 Å².